The number of nitrogens with one attached hydrogen (secondary N) is 1. The summed E-state index contributed by atoms with van der Waals surface area (Å²) < 4.78 is 5.42. The monoisotopic (exact) mass is 363 g/mol. The Balaban J connectivity index is 1.95. The van der Waals surface area contributed by atoms with Crippen molar-refractivity contribution >= 4 is 39.6 Å². The van der Waals surface area contributed by atoms with Crippen LogP contribution in [0.1, 0.15) is 57.7 Å². The lowest BCUT2D eigenvalue weighted by molar-refractivity contribution is 0.0378. The lowest BCUT2D eigenvalue weighted by Crippen LogP contribution is -2.18. The number of hydrogen-bond donors (Lipinski definition) is 1. The van der Waals surface area contributed by atoms with E-state index >= 15 is 0 Å². The summed E-state index contributed by atoms with van der Waals surface area (Å²) in [5.41, 5.74) is 1.62. The molecule has 2 heterocycles. The predicted molar refractivity (Wildman–Crippen MR) is 98.3 cm³/mol. The summed E-state index contributed by atoms with van der Waals surface area (Å²) in [6, 6.07) is 3.62. The Bertz CT molecular complexity index is 747. The number of carbonyl (C=O) groups excluding carboxylic acids is 2. The molecule has 1 atom stereocenters. The van der Waals surface area contributed by atoms with Crippen LogP contribution in [0.4, 0.5) is 5.00 Å². The van der Waals surface area contributed by atoms with Gasteiger partial charge in [-0.15, -0.1) is 22.7 Å². The highest BCUT2D eigenvalue weighted by atomic mass is 32.1. The van der Waals surface area contributed by atoms with Crippen LogP contribution in [-0.2, 0) is 17.6 Å². The molecule has 3 rings (SSSR count). The van der Waals surface area contributed by atoms with Crippen LogP contribution in [0.3, 0.4) is 0 Å². The van der Waals surface area contributed by atoms with Gasteiger partial charge in [0.25, 0.3) is 5.91 Å². The third-order valence-corrected chi connectivity index (χ3v) is 6.07. The third-order valence-electron chi connectivity index (χ3n) is 4.03. The quantitative estimate of drug-likeness (QED) is 0.798. The fourth-order valence-electron chi connectivity index (χ4n) is 2.90. The number of ether oxygens (including phenoxy) is 1. The molecule has 0 bridgehead atoms. The van der Waals surface area contributed by atoms with Gasteiger partial charge in [0.2, 0.25) is 0 Å². The highest BCUT2D eigenvalue weighted by Crippen LogP contribution is 2.40. The Labute approximate surface area is 149 Å². The minimum absolute atomic E-state index is 0.171. The summed E-state index contributed by atoms with van der Waals surface area (Å²) in [5, 5.41) is 5.42. The average molecular weight is 364 g/mol. The van der Waals surface area contributed by atoms with E-state index in [2.05, 4.69) is 12.2 Å². The van der Waals surface area contributed by atoms with Gasteiger partial charge in [0.05, 0.1) is 16.5 Å². The number of hydrogen-bond acceptors (Lipinski definition) is 5. The SMILES string of the molecule is CC(C)OC(=O)c1c(NC(=O)c2cccs2)sc2c1CC[C@H](C)C2. The normalized spacial score (nSPS) is 16.8. The summed E-state index contributed by atoms with van der Waals surface area (Å²) in [4.78, 5) is 26.8. The van der Waals surface area contributed by atoms with Gasteiger partial charge < -0.3 is 10.1 Å². The van der Waals surface area contributed by atoms with Crippen LogP contribution in [0.2, 0.25) is 0 Å². The second-order valence-electron chi connectivity index (χ2n) is 6.44. The molecule has 0 radical (unpaired) electrons. The number of rotatable bonds is 4. The van der Waals surface area contributed by atoms with Gasteiger partial charge in [0.1, 0.15) is 5.00 Å². The smallest absolute Gasteiger partial charge is 0.341 e. The molecule has 2 aromatic heterocycles. The Kier molecular flexibility index (Phi) is 5.06. The molecular weight excluding hydrogens is 342 g/mol. The van der Waals surface area contributed by atoms with E-state index in [4.69, 9.17) is 4.74 Å². The second kappa shape index (κ2) is 7.07. The molecule has 0 aromatic carbocycles. The van der Waals surface area contributed by atoms with Crippen molar-refractivity contribution < 1.29 is 14.3 Å². The minimum Gasteiger partial charge on any atom is -0.459 e. The number of thiophene rings is 2. The number of fused-ring (bicyclic) bond motifs is 1. The first-order chi connectivity index (χ1) is 11.5. The van der Waals surface area contributed by atoms with E-state index in [1.165, 1.54) is 27.6 Å². The zero-order valence-corrected chi connectivity index (χ0v) is 15.7. The Morgan fingerprint density at radius 3 is 2.83 bits per heavy atom. The number of esters is 1. The molecular formula is C18H21NO3S2. The van der Waals surface area contributed by atoms with Crippen molar-refractivity contribution in [2.75, 3.05) is 5.32 Å². The summed E-state index contributed by atoms with van der Waals surface area (Å²) in [7, 11) is 0. The predicted octanol–water partition coefficient (Wildman–Crippen LogP) is 4.75. The zero-order chi connectivity index (χ0) is 17.3. The van der Waals surface area contributed by atoms with Gasteiger partial charge in [-0.05, 0) is 56.0 Å². The van der Waals surface area contributed by atoms with Gasteiger partial charge in [0, 0.05) is 4.88 Å². The highest BCUT2D eigenvalue weighted by molar-refractivity contribution is 7.17. The fraction of sp³-hybridized carbons (Fsp3) is 0.444. The van der Waals surface area contributed by atoms with E-state index in [1.54, 1.807) is 6.07 Å². The molecule has 6 heteroatoms. The lowest BCUT2D eigenvalue weighted by atomic mass is 9.88. The molecule has 1 aliphatic carbocycles. The van der Waals surface area contributed by atoms with Crippen LogP contribution in [0.25, 0.3) is 0 Å². The summed E-state index contributed by atoms with van der Waals surface area (Å²) in [5.74, 6) is 0.0970. The van der Waals surface area contributed by atoms with Gasteiger partial charge >= 0.3 is 5.97 Å². The Morgan fingerprint density at radius 1 is 1.38 bits per heavy atom. The van der Waals surface area contributed by atoms with Gasteiger partial charge in [-0.3, -0.25) is 4.79 Å². The third kappa shape index (κ3) is 3.54. The van der Waals surface area contributed by atoms with Crippen LogP contribution in [0.15, 0.2) is 17.5 Å². The number of anilines is 1. The molecule has 2 aromatic rings. The van der Waals surface area contributed by atoms with Gasteiger partial charge in [-0.2, -0.15) is 0 Å². The molecule has 4 nitrogen and oxygen atoms in total. The number of amides is 1. The summed E-state index contributed by atoms with van der Waals surface area (Å²) in [6.07, 6.45) is 2.70. The van der Waals surface area contributed by atoms with E-state index in [0.717, 1.165) is 24.8 Å². The van der Waals surface area contributed by atoms with Crippen LogP contribution in [0.5, 0.6) is 0 Å². The molecule has 0 spiro atoms. The molecule has 0 saturated carbocycles. The maximum Gasteiger partial charge on any atom is 0.341 e. The minimum atomic E-state index is -0.335. The molecule has 128 valence electrons. The van der Waals surface area contributed by atoms with Crippen LogP contribution in [0, 0.1) is 5.92 Å². The van der Waals surface area contributed by atoms with Crippen molar-refractivity contribution in [2.24, 2.45) is 5.92 Å². The van der Waals surface area contributed by atoms with Crippen molar-refractivity contribution in [1.82, 2.24) is 0 Å². The first-order valence-corrected chi connectivity index (χ1v) is 9.85. The molecule has 0 unspecified atom stereocenters. The first kappa shape index (κ1) is 17.2. The van der Waals surface area contributed by atoms with Crippen LogP contribution < -0.4 is 5.32 Å². The summed E-state index contributed by atoms with van der Waals surface area (Å²) >= 11 is 2.91. The van der Waals surface area contributed by atoms with Crippen LogP contribution in [-0.4, -0.2) is 18.0 Å². The van der Waals surface area contributed by atoms with Gasteiger partial charge in [-0.1, -0.05) is 13.0 Å². The molecule has 0 aliphatic heterocycles. The van der Waals surface area contributed by atoms with E-state index in [1.807, 2.05) is 25.3 Å². The van der Waals surface area contributed by atoms with E-state index in [0.29, 0.717) is 21.4 Å². The van der Waals surface area contributed by atoms with Gasteiger partial charge in [0.15, 0.2) is 0 Å². The lowest BCUT2D eigenvalue weighted by Gasteiger charge is -2.18. The molecule has 0 fully saturated rings. The second-order valence-corrected chi connectivity index (χ2v) is 8.49. The first-order valence-electron chi connectivity index (χ1n) is 8.16. The van der Waals surface area contributed by atoms with Crippen molar-refractivity contribution in [3.63, 3.8) is 0 Å². The fourth-order valence-corrected chi connectivity index (χ4v) is 4.91. The zero-order valence-electron chi connectivity index (χ0n) is 14.0. The number of carbonyl (C=O) groups is 2. The Morgan fingerprint density at radius 2 is 2.17 bits per heavy atom. The van der Waals surface area contributed by atoms with Crippen molar-refractivity contribution in [3.8, 4) is 0 Å². The largest absolute Gasteiger partial charge is 0.459 e. The van der Waals surface area contributed by atoms with Crippen LogP contribution >= 0.6 is 22.7 Å². The Hall–Kier alpha value is -1.66. The molecule has 1 aliphatic rings. The average Bonchev–Trinajstić information content (AvgIpc) is 3.12. The highest BCUT2D eigenvalue weighted by Gasteiger charge is 2.29. The molecule has 24 heavy (non-hydrogen) atoms. The topological polar surface area (TPSA) is 55.4 Å². The van der Waals surface area contributed by atoms with Crippen molar-refractivity contribution in [1.29, 1.82) is 0 Å². The molecule has 1 N–H and O–H groups in total. The summed E-state index contributed by atoms with van der Waals surface area (Å²) in [6.45, 7) is 5.89. The van der Waals surface area contributed by atoms with E-state index in [-0.39, 0.29) is 18.0 Å². The van der Waals surface area contributed by atoms with E-state index < -0.39 is 0 Å². The standard InChI is InChI=1S/C18H21NO3S2/c1-10(2)22-18(21)15-12-7-6-11(3)9-14(12)24-17(15)19-16(20)13-5-4-8-23-13/h4-5,8,10-11H,6-7,9H2,1-3H3,(H,19,20)/t11-/m0/s1. The molecule has 0 saturated heterocycles. The maximum atomic E-state index is 12.6. The van der Waals surface area contributed by atoms with Crippen molar-refractivity contribution in [2.45, 2.75) is 46.1 Å². The maximum absolute atomic E-state index is 12.6. The van der Waals surface area contributed by atoms with Gasteiger partial charge in [-0.25, -0.2) is 4.79 Å². The van der Waals surface area contributed by atoms with E-state index in [9.17, 15) is 9.59 Å². The molecule has 1 amide bonds. The van der Waals surface area contributed by atoms with Crippen molar-refractivity contribution in [3.05, 3.63) is 38.4 Å².